The Morgan fingerprint density at radius 1 is 0.457 bits per heavy atom. The van der Waals surface area contributed by atoms with Crippen molar-refractivity contribution in [1.29, 1.82) is 0 Å². The third kappa shape index (κ3) is 7.77. The summed E-state index contributed by atoms with van der Waals surface area (Å²) in [6.45, 7) is -9.56. The molecule has 0 rings (SSSR count). The first-order chi connectivity index (χ1) is 16.4. The Labute approximate surface area is 201 Å². The summed E-state index contributed by atoms with van der Waals surface area (Å²) in [5, 5.41) is 84.3. The van der Waals surface area contributed by atoms with Crippen LogP contribution < -0.4 is 0 Å². The Morgan fingerprint density at radius 2 is 0.629 bits per heavy atom. The molecule has 0 unspecified atom stereocenters. The number of esters is 3. The molecule has 206 valence electrons. The summed E-state index contributed by atoms with van der Waals surface area (Å²) < 4.78 is 15.1. The van der Waals surface area contributed by atoms with Crippen LogP contribution in [0, 0.1) is 21.7 Å². The maximum absolute atomic E-state index is 12.4. The number of hydrogen-bond donors (Lipinski definition) is 9. The molecule has 0 bridgehead atoms. The number of hydrogen-bond acceptors (Lipinski definition) is 15. The van der Waals surface area contributed by atoms with Crippen LogP contribution in [0.3, 0.4) is 0 Å². The van der Waals surface area contributed by atoms with E-state index in [0.29, 0.717) is 0 Å². The van der Waals surface area contributed by atoms with Crippen LogP contribution in [-0.2, 0) is 28.6 Å². The van der Waals surface area contributed by atoms with Gasteiger partial charge in [-0.25, -0.2) is 0 Å². The highest BCUT2D eigenvalue weighted by Gasteiger charge is 2.44. The minimum atomic E-state index is -2.06. The molecule has 0 atom stereocenters. The molecule has 0 saturated carbocycles. The van der Waals surface area contributed by atoms with E-state index >= 15 is 0 Å². The molecule has 0 saturated heterocycles. The van der Waals surface area contributed by atoms with Crippen LogP contribution in [0.4, 0.5) is 0 Å². The Morgan fingerprint density at radius 3 is 0.771 bits per heavy atom. The molecule has 0 fully saturated rings. The van der Waals surface area contributed by atoms with Crippen LogP contribution in [-0.4, -0.2) is 143 Å². The van der Waals surface area contributed by atoms with Gasteiger partial charge >= 0.3 is 17.9 Å². The summed E-state index contributed by atoms with van der Waals surface area (Å²) in [6, 6.07) is 0. The molecule has 0 aromatic heterocycles. The van der Waals surface area contributed by atoms with Crippen molar-refractivity contribution in [3.05, 3.63) is 0 Å². The lowest BCUT2D eigenvalue weighted by Gasteiger charge is -2.34. The van der Waals surface area contributed by atoms with Crippen molar-refractivity contribution in [3.8, 4) is 0 Å². The van der Waals surface area contributed by atoms with Crippen molar-refractivity contribution in [2.75, 3.05) is 79.3 Å². The number of ether oxygens (including phenoxy) is 3. The van der Waals surface area contributed by atoms with Gasteiger partial charge in [0.15, 0.2) is 0 Å². The highest BCUT2D eigenvalue weighted by Crippen LogP contribution is 2.26. The number of rotatable bonds is 18. The maximum atomic E-state index is 12.4. The van der Waals surface area contributed by atoms with Crippen molar-refractivity contribution >= 4 is 17.9 Å². The minimum Gasteiger partial charge on any atom is -0.464 e. The van der Waals surface area contributed by atoms with Crippen molar-refractivity contribution in [2.24, 2.45) is 21.7 Å². The summed E-state index contributed by atoms with van der Waals surface area (Å²) in [5.74, 6) is -3.71. The zero-order chi connectivity index (χ0) is 27.3. The molecule has 15 nitrogen and oxygen atoms in total. The quantitative estimate of drug-likeness (QED) is 0.0608. The molecule has 9 N–H and O–H groups in total. The van der Waals surface area contributed by atoms with E-state index in [2.05, 4.69) is 0 Å². The Balaban J connectivity index is 5.76. The number of aliphatic hydroxyl groups is 9. The van der Waals surface area contributed by atoms with Crippen LogP contribution >= 0.6 is 0 Å². The second kappa shape index (κ2) is 14.6. The van der Waals surface area contributed by atoms with Crippen molar-refractivity contribution in [1.82, 2.24) is 0 Å². The van der Waals surface area contributed by atoms with Crippen molar-refractivity contribution < 1.29 is 74.6 Å². The van der Waals surface area contributed by atoms with Gasteiger partial charge in [-0.3, -0.25) is 14.4 Å². The SMILES string of the molecule is CC(COC(=O)C(CO)(CO)CO)(COC(=O)C(CO)(CO)CO)COC(=O)C(CO)(CO)CO. The van der Waals surface area contributed by atoms with E-state index in [1.807, 2.05) is 0 Å². The minimum absolute atomic E-state index is 0.692. The summed E-state index contributed by atoms with van der Waals surface area (Å²) in [7, 11) is 0. The monoisotopic (exact) mass is 516 g/mol. The summed E-state index contributed by atoms with van der Waals surface area (Å²) in [6.07, 6.45) is 0. The van der Waals surface area contributed by atoms with Gasteiger partial charge in [0.2, 0.25) is 0 Å². The third-order valence-electron chi connectivity index (χ3n) is 5.68. The van der Waals surface area contributed by atoms with E-state index in [4.69, 9.17) is 14.2 Å². The summed E-state index contributed by atoms with van der Waals surface area (Å²) in [4.78, 5) is 37.1. The van der Waals surface area contributed by atoms with Gasteiger partial charge in [0.05, 0.1) is 64.9 Å². The normalized spacial score (nSPS) is 12.9. The molecule has 35 heavy (non-hydrogen) atoms. The van der Waals surface area contributed by atoms with Crippen molar-refractivity contribution in [3.63, 3.8) is 0 Å². The summed E-state index contributed by atoms with van der Waals surface area (Å²) in [5.41, 5.74) is -7.76. The number of carbonyl (C=O) groups excluding carboxylic acids is 3. The maximum Gasteiger partial charge on any atom is 0.319 e. The predicted molar refractivity (Wildman–Crippen MR) is 112 cm³/mol. The average Bonchev–Trinajstić information content (AvgIpc) is 2.89. The van der Waals surface area contributed by atoms with Gasteiger partial charge < -0.3 is 60.2 Å². The third-order valence-corrected chi connectivity index (χ3v) is 5.68. The molecule has 0 spiro atoms. The Hall–Kier alpha value is -1.95. The molecule has 0 aliphatic carbocycles. The second-order valence-electron chi connectivity index (χ2n) is 8.80. The standard InChI is InChI=1S/C20H36O15/c1-17(11-33-14(30)18(2-21,3-22)4-23,12-34-15(31)19(5-24,6-25)7-26)13-35-16(32)20(8-27,9-28)10-29/h21-29H,2-13H2,1H3. The summed E-state index contributed by atoms with van der Waals surface area (Å²) >= 11 is 0. The molecule has 0 aromatic carbocycles. The van der Waals surface area contributed by atoms with Gasteiger partial charge in [0.1, 0.15) is 36.1 Å². The Kier molecular flexibility index (Phi) is 13.8. The molecule has 0 aliphatic heterocycles. The molecule has 0 amide bonds. The fraction of sp³-hybridized carbons (Fsp3) is 0.850. The first-order valence-electron chi connectivity index (χ1n) is 10.4. The van der Waals surface area contributed by atoms with E-state index in [-0.39, 0.29) is 0 Å². The molecule has 0 radical (unpaired) electrons. The lowest BCUT2D eigenvalue weighted by Crippen LogP contribution is -2.48. The van der Waals surface area contributed by atoms with E-state index in [1.54, 1.807) is 0 Å². The largest absolute Gasteiger partial charge is 0.464 e. The fourth-order valence-corrected chi connectivity index (χ4v) is 2.33. The molecule has 0 heterocycles. The first kappa shape index (κ1) is 33.0. The van der Waals surface area contributed by atoms with E-state index in [9.17, 15) is 60.3 Å². The number of carbonyl (C=O) groups is 3. The lowest BCUT2D eigenvalue weighted by atomic mass is 9.89. The second-order valence-corrected chi connectivity index (χ2v) is 8.80. The zero-order valence-corrected chi connectivity index (χ0v) is 19.5. The zero-order valence-electron chi connectivity index (χ0n) is 19.5. The molecule has 0 aromatic rings. The van der Waals surface area contributed by atoms with Crippen LogP contribution in [0.25, 0.3) is 0 Å². The van der Waals surface area contributed by atoms with E-state index in [0.717, 1.165) is 0 Å². The van der Waals surface area contributed by atoms with E-state index < -0.39 is 119 Å². The topological polar surface area (TPSA) is 261 Å². The van der Waals surface area contributed by atoms with Gasteiger partial charge in [-0.15, -0.1) is 0 Å². The van der Waals surface area contributed by atoms with Crippen LogP contribution in [0.1, 0.15) is 6.92 Å². The number of aliphatic hydroxyl groups excluding tert-OH is 9. The molecular formula is C20H36O15. The predicted octanol–water partition coefficient (Wildman–Crippen LogP) is -5.49. The van der Waals surface area contributed by atoms with Crippen LogP contribution in [0.15, 0.2) is 0 Å². The highest BCUT2D eigenvalue weighted by molar-refractivity contribution is 5.78. The molecule has 0 aliphatic rings. The lowest BCUT2D eigenvalue weighted by molar-refractivity contribution is -0.182. The van der Waals surface area contributed by atoms with Gasteiger partial charge in [-0.2, -0.15) is 0 Å². The van der Waals surface area contributed by atoms with Gasteiger partial charge in [-0.05, 0) is 6.92 Å². The van der Waals surface area contributed by atoms with Gasteiger partial charge in [-0.1, -0.05) is 0 Å². The van der Waals surface area contributed by atoms with Crippen molar-refractivity contribution in [2.45, 2.75) is 6.92 Å². The highest BCUT2D eigenvalue weighted by atomic mass is 16.6. The molecular weight excluding hydrogens is 480 g/mol. The smallest absolute Gasteiger partial charge is 0.319 e. The van der Waals surface area contributed by atoms with Crippen LogP contribution in [0.5, 0.6) is 0 Å². The first-order valence-corrected chi connectivity index (χ1v) is 10.4. The molecule has 15 heteroatoms. The van der Waals surface area contributed by atoms with Gasteiger partial charge in [0.25, 0.3) is 0 Å². The van der Waals surface area contributed by atoms with Gasteiger partial charge in [0, 0.05) is 0 Å². The Bertz CT molecular complexity index is 554. The van der Waals surface area contributed by atoms with Crippen LogP contribution in [0.2, 0.25) is 0 Å². The fourth-order valence-electron chi connectivity index (χ4n) is 2.33. The van der Waals surface area contributed by atoms with E-state index in [1.165, 1.54) is 6.92 Å². The average molecular weight is 516 g/mol.